The maximum absolute atomic E-state index is 3.94. The van der Waals surface area contributed by atoms with E-state index in [0.29, 0.717) is 6.04 Å². The van der Waals surface area contributed by atoms with Gasteiger partial charge in [-0.2, -0.15) is 5.10 Å². The van der Waals surface area contributed by atoms with Crippen LogP contribution in [0.1, 0.15) is 44.7 Å². The van der Waals surface area contributed by atoms with Gasteiger partial charge in [-0.3, -0.25) is 5.10 Å². The molecule has 0 saturated heterocycles. The van der Waals surface area contributed by atoms with E-state index in [1.165, 1.54) is 37.8 Å². The SMILES string of the molecule is CC(CC1CCCC1)NCc1ccn[nH]1. The van der Waals surface area contributed by atoms with Crippen LogP contribution in [0.3, 0.4) is 0 Å². The zero-order valence-corrected chi connectivity index (χ0v) is 9.50. The largest absolute Gasteiger partial charge is 0.309 e. The first kappa shape index (κ1) is 10.7. The van der Waals surface area contributed by atoms with Crippen molar-refractivity contribution in [3.05, 3.63) is 18.0 Å². The third-order valence-corrected chi connectivity index (χ3v) is 3.36. The summed E-state index contributed by atoms with van der Waals surface area (Å²) in [5.41, 5.74) is 1.17. The van der Waals surface area contributed by atoms with Gasteiger partial charge in [-0.05, 0) is 25.3 Å². The van der Waals surface area contributed by atoms with Gasteiger partial charge in [0.05, 0.1) is 0 Å². The summed E-state index contributed by atoms with van der Waals surface area (Å²) in [6, 6.07) is 2.64. The summed E-state index contributed by atoms with van der Waals surface area (Å²) < 4.78 is 0. The first-order valence-electron chi connectivity index (χ1n) is 6.06. The smallest absolute Gasteiger partial charge is 0.0490 e. The van der Waals surface area contributed by atoms with Gasteiger partial charge >= 0.3 is 0 Å². The molecular weight excluding hydrogens is 186 g/mol. The molecular formula is C12H21N3. The standard InChI is InChI=1S/C12H21N3/c1-10(8-11-4-2-3-5-11)13-9-12-6-7-14-15-12/h6-7,10-11,13H,2-5,8-9H2,1H3,(H,14,15). The van der Waals surface area contributed by atoms with Gasteiger partial charge in [-0.1, -0.05) is 25.7 Å². The topological polar surface area (TPSA) is 40.7 Å². The lowest BCUT2D eigenvalue weighted by atomic mass is 9.99. The summed E-state index contributed by atoms with van der Waals surface area (Å²) in [7, 11) is 0. The third-order valence-electron chi connectivity index (χ3n) is 3.36. The summed E-state index contributed by atoms with van der Waals surface area (Å²) in [5, 5.41) is 10.5. The maximum Gasteiger partial charge on any atom is 0.0490 e. The fourth-order valence-corrected chi connectivity index (χ4v) is 2.50. The fourth-order valence-electron chi connectivity index (χ4n) is 2.50. The molecule has 3 nitrogen and oxygen atoms in total. The molecule has 0 bridgehead atoms. The van der Waals surface area contributed by atoms with Crippen molar-refractivity contribution in [1.82, 2.24) is 15.5 Å². The minimum atomic E-state index is 0.622. The number of rotatable bonds is 5. The van der Waals surface area contributed by atoms with Crippen LogP contribution in [0.5, 0.6) is 0 Å². The van der Waals surface area contributed by atoms with Crippen molar-refractivity contribution in [3.8, 4) is 0 Å². The van der Waals surface area contributed by atoms with Crippen molar-refractivity contribution in [2.45, 2.75) is 51.6 Å². The van der Waals surface area contributed by atoms with Crippen LogP contribution >= 0.6 is 0 Å². The quantitative estimate of drug-likeness (QED) is 0.778. The van der Waals surface area contributed by atoms with Gasteiger partial charge in [-0.25, -0.2) is 0 Å². The van der Waals surface area contributed by atoms with E-state index in [0.717, 1.165) is 12.5 Å². The zero-order chi connectivity index (χ0) is 10.5. The van der Waals surface area contributed by atoms with Gasteiger partial charge < -0.3 is 5.32 Å². The first-order chi connectivity index (χ1) is 7.34. The Morgan fingerprint density at radius 1 is 1.53 bits per heavy atom. The zero-order valence-electron chi connectivity index (χ0n) is 9.50. The minimum absolute atomic E-state index is 0.622. The van der Waals surface area contributed by atoms with E-state index < -0.39 is 0 Å². The second kappa shape index (κ2) is 5.31. The Balaban J connectivity index is 1.66. The molecule has 1 aromatic heterocycles. The van der Waals surface area contributed by atoms with Crippen molar-refractivity contribution in [2.24, 2.45) is 5.92 Å². The third kappa shape index (κ3) is 3.34. The summed E-state index contributed by atoms with van der Waals surface area (Å²) in [6.07, 6.45) is 8.90. The van der Waals surface area contributed by atoms with Crippen molar-refractivity contribution in [3.63, 3.8) is 0 Å². The molecule has 2 N–H and O–H groups in total. The van der Waals surface area contributed by atoms with Crippen molar-refractivity contribution < 1.29 is 0 Å². The molecule has 1 aliphatic rings. The van der Waals surface area contributed by atoms with E-state index in [4.69, 9.17) is 0 Å². The van der Waals surface area contributed by atoms with Crippen LogP contribution in [0.2, 0.25) is 0 Å². The van der Waals surface area contributed by atoms with Crippen molar-refractivity contribution >= 4 is 0 Å². The molecule has 1 atom stereocenters. The molecule has 0 aromatic carbocycles. The van der Waals surface area contributed by atoms with Crippen molar-refractivity contribution in [1.29, 1.82) is 0 Å². The molecule has 1 fully saturated rings. The number of H-pyrrole nitrogens is 1. The van der Waals surface area contributed by atoms with Crippen LogP contribution in [-0.2, 0) is 6.54 Å². The Labute approximate surface area is 91.7 Å². The van der Waals surface area contributed by atoms with E-state index in [9.17, 15) is 0 Å². The number of nitrogens with one attached hydrogen (secondary N) is 2. The lowest BCUT2D eigenvalue weighted by Gasteiger charge is -2.17. The second-order valence-corrected chi connectivity index (χ2v) is 4.75. The average molecular weight is 207 g/mol. The Morgan fingerprint density at radius 3 is 3.00 bits per heavy atom. The molecule has 1 heterocycles. The highest BCUT2D eigenvalue weighted by Gasteiger charge is 2.17. The Hall–Kier alpha value is -0.830. The number of nitrogens with zero attached hydrogens (tertiary/aromatic N) is 1. The summed E-state index contributed by atoms with van der Waals surface area (Å²) in [4.78, 5) is 0. The first-order valence-corrected chi connectivity index (χ1v) is 6.06. The summed E-state index contributed by atoms with van der Waals surface area (Å²) in [5.74, 6) is 0.967. The van der Waals surface area contributed by atoms with Crippen LogP contribution in [0, 0.1) is 5.92 Å². The van der Waals surface area contributed by atoms with E-state index in [1.807, 2.05) is 6.07 Å². The molecule has 2 rings (SSSR count). The molecule has 1 aromatic rings. The normalized spacial score (nSPS) is 19.5. The number of hydrogen-bond donors (Lipinski definition) is 2. The fraction of sp³-hybridized carbons (Fsp3) is 0.750. The van der Waals surface area contributed by atoms with Crippen molar-refractivity contribution in [2.75, 3.05) is 0 Å². The van der Waals surface area contributed by atoms with E-state index in [1.54, 1.807) is 6.20 Å². The van der Waals surface area contributed by atoms with Crippen LogP contribution < -0.4 is 5.32 Å². The van der Waals surface area contributed by atoms with E-state index in [2.05, 4.69) is 22.4 Å². The molecule has 0 amide bonds. The monoisotopic (exact) mass is 207 g/mol. The highest BCUT2D eigenvalue weighted by Crippen LogP contribution is 2.28. The van der Waals surface area contributed by atoms with E-state index >= 15 is 0 Å². The maximum atomic E-state index is 3.94. The van der Waals surface area contributed by atoms with Gasteiger partial charge in [0.2, 0.25) is 0 Å². The molecule has 1 aliphatic carbocycles. The van der Waals surface area contributed by atoms with E-state index in [-0.39, 0.29) is 0 Å². The highest BCUT2D eigenvalue weighted by atomic mass is 15.1. The molecule has 0 aliphatic heterocycles. The predicted molar refractivity (Wildman–Crippen MR) is 61.5 cm³/mol. The molecule has 84 valence electrons. The minimum Gasteiger partial charge on any atom is -0.309 e. The average Bonchev–Trinajstić information content (AvgIpc) is 2.86. The Bertz CT molecular complexity index is 262. The number of aromatic nitrogens is 2. The molecule has 0 spiro atoms. The molecule has 15 heavy (non-hydrogen) atoms. The molecule has 1 unspecified atom stereocenters. The van der Waals surface area contributed by atoms with Gasteiger partial charge in [0.25, 0.3) is 0 Å². The lowest BCUT2D eigenvalue weighted by molar-refractivity contribution is 0.403. The molecule has 3 heteroatoms. The van der Waals surface area contributed by atoms with Crippen LogP contribution in [0.4, 0.5) is 0 Å². The summed E-state index contributed by atoms with van der Waals surface area (Å²) in [6.45, 7) is 3.20. The van der Waals surface area contributed by atoms with Crippen LogP contribution in [0.25, 0.3) is 0 Å². The Morgan fingerprint density at radius 2 is 2.33 bits per heavy atom. The molecule has 0 radical (unpaired) electrons. The van der Waals surface area contributed by atoms with Gasteiger partial charge in [-0.15, -0.1) is 0 Å². The summed E-state index contributed by atoms with van der Waals surface area (Å²) >= 11 is 0. The van der Waals surface area contributed by atoms with Crippen LogP contribution in [0.15, 0.2) is 12.3 Å². The number of aromatic amines is 1. The second-order valence-electron chi connectivity index (χ2n) is 4.75. The van der Waals surface area contributed by atoms with Gasteiger partial charge in [0.1, 0.15) is 0 Å². The van der Waals surface area contributed by atoms with Crippen LogP contribution in [-0.4, -0.2) is 16.2 Å². The Kier molecular flexibility index (Phi) is 3.78. The van der Waals surface area contributed by atoms with Gasteiger partial charge in [0, 0.05) is 24.5 Å². The van der Waals surface area contributed by atoms with Gasteiger partial charge in [0.15, 0.2) is 0 Å². The highest BCUT2D eigenvalue weighted by molar-refractivity contribution is 4.96. The molecule has 1 saturated carbocycles. The predicted octanol–water partition coefficient (Wildman–Crippen LogP) is 2.47. The lowest BCUT2D eigenvalue weighted by Crippen LogP contribution is -2.27. The number of hydrogen-bond acceptors (Lipinski definition) is 2.